The summed E-state index contributed by atoms with van der Waals surface area (Å²) in [5, 5.41) is 0.919. The first kappa shape index (κ1) is 23.1. The van der Waals surface area contributed by atoms with Crippen LogP contribution in [0.3, 0.4) is 0 Å². The van der Waals surface area contributed by atoms with Crippen LogP contribution in [0.15, 0.2) is 83.9 Å². The van der Waals surface area contributed by atoms with Gasteiger partial charge in [0.15, 0.2) is 11.0 Å². The molecule has 0 aromatic heterocycles. The van der Waals surface area contributed by atoms with Crippen LogP contribution in [0.1, 0.15) is 22.3 Å². The number of benzene rings is 3. The van der Waals surface area contributed by atoms with E-state index < -0.39 is 0 Å². The second kappa shape index (κ2) is 11.2. The van der Waals surface area contributed by atoms with Crippen LogP contribution in [0.4, 0.5) is 5.69 Å². The Balaban J connectivity index is 0.00000272. The highest BCUT2D eigenvalue weighted by Crippen LogP contribution is 2.25. The van der Waals surface area contributed by atoms with Gasteiger partial charge in [-0.05, 0) is 61.9 Å². The molecule has 4 nitrogen and oxygen atoms in total. The first-order valence-electron chi connectivity index (χ1n) is 10.1. The number of carbonyl (C=O) groups excluding carboxylic acids is 1. The van der Waals surface area contributed by atoms with Crippen LogP contribution in [-0.4, -0.2) is 29.8 Å². The van der Waals surface area contributed by atoms with Gasteiger partial charge in [0.1, 0.15) is 11.5 Å². The van der Waals surface area contributed by atoms with Gasteiger partial charge in [0.2, 0.25) is 0 Å². The Bertz CT molecular complexity index is 1020. The van der Waals surface area contributed by atoms with Crippen LogP contribution in [0, 0.1) is 6.92 Å². The van der Waals surface area contributed by atoms with Gasteiger partial charge in [0, 0.05) is 23.5 Å². The number of thioether (sulfide) groups is 1. The van der Waals surface area contributed by atoms with E-state index in [2.05, 4.69) is 36.2 Å². The van der Waals surface area contributed by atoms with Crippen molar-refractivity contribution in [3.05, 3.63) is 90.0 Å². The van der Waals surface area contributed by atoms with Gasteiger partial charge < -0.3 is 9.64 Å². The highest BCUT2D eigenvalue weighted by molar-refractivity contribution is 8.93. The first-order chi connectivity index (χ1) is 14.7. The Morgan fingerprint density at radius 1 is 0.968 bits per heavy atom. The fourth-order valence-corrected chi connectivity index (χ4v) is 4.14. The second-order valence-corrected chi connectivity index (χ2v) is 8.21. The lowest BCUT2D eigenvalue weighted by Gasteiger charge is -2.27. The molecule has 0 saturated heterocycles. The lowest BCUT2D eigenvalue weighted by atomic mass is 10.1. The number of anilines is 1. The molecule has 0 unspecified atom stereocenters. The average Bonchev–Trinajstić information content (AvgIpc) is 2.80. The molecule has 1 heterocycles. The van der Waals surface area contributed by atoms with Crippen molar-refractivity contribution >= 4 is 45.4 Å². The number of Topliss-reactive ketones (excluding diaryl/α,β-unsaturated/α-hetero) is 1. The van der Waals surface area contributed by atoms with Gasteiger partial charge in [-0.2, -0.15) is 0 Å². The van der Waals surface area contributed by atoms with Crippen LogP contribution < -0.4 is 9.64 Å². The number of hydrogen-bond acceptors (Lipinski definition) is 5. The maximum atomic E-state index is 13.1. The van der Waals surface area contributed by atoms with E-state index in [4.69, 9.17) is 4.74 Å². The molecule has 0 aliphatic carbocycles. The van der Waals surface area contributed by atoms with E-state index in [0.717, 1.165) is 35.3 Å². The molecule has 6 heteroatoms. The smallest absolute Gasteiger partial charge is 0.182 e. The van der Waals surface area contributed by atoms with E-state index in [-0.39, 0.29) is 29.3 Å². The number of para-hydroxylation sites is 1. The summed E-state index contributed by atoms with van der Waals surface area (Å²) in [6.45, 7) is 3.13. The third-order valence-corrected chi connectivity index (χ3v) is 5.91. The number of halogens is 1. The molecule has 0 fully saturated rings. The largest absolute Gasteiger partial charge is 0.457 e. The van der Waals surface area contributed by atoms with Crippen molar-refractivity contribution in [3.8, 4) is 11.5 Å². The summed E-state index contributed by atoms with van der Waals surface area (Å²) in [5.74, 6) is 2.56. The Morgan fingerprint density at radius 2 is 1.65 bits per heavy atom. The zero-order valence-electron chi connectivity index (χ0n) is 17.4. The number of amidine groups is 1. The number of hydrogen-bond donors (Lipinski definition) is 0. The Labute approximate surface area is 198 Å². The minimum absolute atomic E-state index is 0. The summed E-state index contributed by atoms with van der Waals surface area (Å²) >= 11 is 1.71. The summed E-state index contributed by atoms with van der Waals surface area (Å²) in [7, 11) is 0. The third kappa shape index (κ3) is 6.21. The predicted molar refractivity (Wildman–Crippen MR) is 136 cm³/mol. The SMILES string of the molecule is Br.Cc1ccc(N(CC(=O)c2ccc(Oc3ccccc3)cc2)C2=NCCCS2)cc1. The number of aliphatic imine (C=N–C) groups is 1. The molecule has 3 aromatic carbocycles. The molecule has 160 valence electrons. The normalized spacial score (nSPS) is 13.0. The lowest BCUT2D eigenvalue weighted by molar-refractivity contribution is 0.100. The van der Waals surface area contributed by atoms with Crippen molar-refractivity contribution in [3.63, 3.8) is 0 Å². The van der Waals surface area contributed by atoms with Gasteiger partial charge in [-0.1, -0.05) is 47.7 Å². The summed E-state index contributed by atoms with van der Waals surface area (Å²) in [6, 6.07) is 25.2. The predicted octanol–water partition coefficient (Wildman–Crippen LogP) is 6.55. The van der Waals surface area contributed by atoms with Crippen LogP contribution in [0.5, 0.6) is 11.5 Å². The highest BCUT2D eigenvalue weighted by Gasteiger charge is 2.20. The lowest BCUT2D eigenvalue weighted by Crippen LogP contribution is -2.35. The van der Waals surface area contributed by atoms with Gasteiger partial charge in [-0.25, -0.2) is 0 Å². The van der Waals surface area contributed by atoms with Crippen molar-refractivity contribution < 1.29 is 9.53 Å². The molecular formula is C25H25BrN2O2S. The monoisotopic (exact) mass is 496 g/mol. The second-order valence-electron chi connectivity index (χ2n) is 7.15. The van der Waals surface area contributed by atoms with E-state index >= 15 is 0 Å². The van der Waals surface area contributed by atoms with E-state index in [9.17, 15) is 4.79 Å². The van der Waals surface area contributed by atoms with Crippen molar-refractivity contribution in [2.45, 2.75) is 13.3 Å². The zero-order chi connectivity index (χ0) is 20.8. The Hall–Kier alpha value is -2.57. The molecule has 0 spiro atoms. The summed E-state index contributed by atoms with van der Waals surface area (Å²) in [4.78, 5) is 19.8. The van der Waals surface area contributed by atoms with Crippen molar-refractivity contribution in [1.82, 2.24) is 0 Å². The van der Waals surface area contributed by atoms with Crippen LogP contribution in [0.2, 0.25) is 0 Å². The molecule has 1 aliphatic rings. The standard InChI is InChI=1S/C25H24N2O2S.BrH/c1-19-8-12-21(13-9-19)27(25-26-16-5-17-30-25)18-24(28)20-10-14-23(15-11-20)29-22-6-3-2-4-7-22;/h2-4,6-15H,5,16-18H2,1H3;1H. The van der Waals surface area contributed by atoms with E-state index in [1.54, 1.807) is 11.8 Å². The third-order valence-electron chi connectivity index (χ3n) is 4.81. The molecule has 1 aliphatic heterocycles. The van der Waals surface area contributed by atoms with Crippen LogP contribution >= 0.6 is 28.7 Å². The number of carbonyl (C=O) groups is 1. The van der Waals surface area contributed by atoms with Gasteiger partial charge in [-0.3, -0.25) is 9.79 Å². The molecule has 0 bridgehead atoms. The molecule has 0 atom stereocenters. The van der Waals surface area contributed by atoms with Gasteiger partial charge in [-0.15, -0.1) is 17.0 Å². The molecule has 3 aromatic rings. The maximum absolute atomic E-state index is 13.1. The van der Waals surface area contributed by atoms with Gasteiger partial charge >= 0.3 is 0 Å². The summed E-state index contributed by atoms with van der Waals surface area (Å²) in [6.07, 6.45) is 1.08. The molecule has 31 heavy (non-hydrogen) atoms. The highest BCUT2D eigenvalue weighted by atomic mass is 79.9. The zero-order valence-corrected chi connectivity index (χ0v) is 19.9. The van der Waals surface area contributed by atoms with E-state index in [0.29, 0.717) is 11.3 Å². The van der Waals surface area contributed by atoms with Crippen LogP contribution in [0.25, 0.3) is 0 Å². The number of nitrogens with zero attached hydrogens (tertiary/aromatic N) is 2. The molecule has 0 saturated carbocycles. The van der Waals surface area contributed by atoms with Gasteiger partial charge in [0.25, 0.3) is 0 Å². The molecule has 0 N–H and O–H groups in total. The minimum atomic E-state index is 0. The fraction of sp³-hybridized carbons (Fsp3) is 0.200. The first-order valence-corrected chi connectivity index (χ1v) is 11.1. The number of aryl methyl sites for hydroxylation is 1. The maximum Gasteiger partial charge on any atom is 0.182 e. The number of ether oxygens (including phenoxy) is 1. The van der Waals surface area contributed by atoms with Crippen molar-refractivity contribution in [2.24, 2.45) is 4.99 Å². The van der Waals surface area contributed by atoms with Crippen molar-refractivity contribution in [2.75, 3.05) is 23.7 Å². The number of rotatable bonds is 6. The minimum Gasteiger partial charge on any atom is -0.457 e. The fourth-order valence-electron chi connectivity index (χ4n) is 3.17. The van der Waals surface area contributed by atoms with Gasteiger partial charge in [0.05, 0.1) is 6.54 Å². The van der Waals surface area contributed by atoms with Crippen molar-refractivity contribution in [1.29, 1.82) is 0 Å². The van der Waals surface area contributed by atoms with E-state index in [1.165, 1.54) is 5.56 Å². The summed E-state index contributed by atoms with van der Waals surface area (Å²) < 4.78 is 5.83. The Kier molecular flexibility index (Phi) is 8.32. The Morgan fingerprint density at radius 3 is 2.29 bits per heavy atom. The van der Waals surface area contributed by atoms with Crippen LogP contribution in [-0.2, 0) is 0 Å². The topological polar surface area (TPSA) is 41.9 Å². The molecule has 0 radical (unpaired) electrons. The molecular weight excluding hydrogens is 472 g/mol. The molecule has 0 amide bonds. The molecule has 4 rings (SSSR count). The summed E-state index contributed by atoms with van der Waals surface area (Å²) in [5.41, 5.74) is 2.84. The average molecular weight is 497 g/mol. The van der Waals surface area contributed by atoms with E-state index in [1.807, 2.05) is 59.5 Å². The number of ketones is 1. The quantitative estimate of drug-likeness (QED) is 0.363.